The lowest BCUT2D eigenvalue weighted by Crippen LogP contribution is -2.54. The molecule has 118 valence electrons. The van der Waals surface area contributed by atoms with Gasteiger partial charge in [0.2, 0.25) is 0 Å². The highest BCUT2D eigenvalue weighted by Crippen LogP contribution is 2.47. The van der Waals surface area contributed by atoms with Crippen LogP contribution in [0.25, 0.3) is 0 Å². The van der Waals surface area contributed by atoms with E-state index in [2.05, 4.69) is 22.9 Å². The predicted molar refractivity (Wildman–Crippen MR) is 84.2 cm³/mol. The second-order valence-corrected chi connectivity index (χ2v) is 6.99. The van der Waals surface area contributed by atoms with Crippen molar-refractivity contribution in [1.29, 1.82) is 0 Å². The lowest BCUT2D eigenvalue weighted by atomic mass is 9.83. The van der Waals surface area contributed by atoms with Gasteiger partial charge in [0.25, 0.3) is 0 Å². The molecule has 1 fully saturated rings. The van der Waals surface area contributed by atoms with E-state index in [1.807, 2.05) is 6.08 Å². The van der Waals surface area contributed by atoms with E-state index in [-0.39, 0.29) is 42.8 Å². The normalized spacial score (nSPS) is 32.1. The maximum absolute atomic E-state index is 12.4. The number of hydrogen-bond donors (Lipinski definition) is 0. The first kappa shape index (κ1) is 14.5. The minimum atomic E-state index is -0.331. The average molecular weight is 370 g/mol. The van der Waals surface area contributed by atoms with Gasteiger partial charge in [-0.2, -0.15) is 0 Å². The van der Waals surface area contributed by atoms with Crippen LogP contribution >= 0.6 is 15.9 Å². The number of halogens is 1. The Morgan fingerprint density at radius 2 is 1.91 bits per heavy atom. The molecule has 0 amide bonds. The standard InChI is InChI=1S/C13H17BBrN3O4/c1-3-4-5-14-21-10-8-6-7(15)9(11(10)22-14)18-13(20)16(2)12(19)17(8)18/h6,8-11H,3-5H2,1-2H3. The SMILES string of the molecule is CCCCB1OC2C(O1)C1C(Br)=CC2n2c(=O)n(C)c(=O)n21. The molecule has 4 aliphatic rings. The lowest BCUT2D eigenvalue weighted by Gasteiger charge is -2.42. The summed E-state index contributed by atoms with van der Waals surface area (Å²) in [6.45, 7) is 2.12. The van der Waals surface area contributed by atoms with Crippen LogP contribution in [0, 0.1) is 0 Å². The monoisotopic (exact) mass is 369 g/mol. The molecule has 0 radical (unpaired) electrons. The summed E-state index contributed by atoms with van der Waals surface area (Å²) < 4.78 is 17.1. The minimum absolute atomic E-state index is 0.215. The van der Waals surface area contributed by atoms with Gasteiger partial charge in [0, 0.05) is 11.5 Å². The second-order valence-electron chi connectivity index (χ2n) is 6.07. The molecule has 0 N–H and O–H groups in total. The van der Waals surface area contributed by atoms with Crippen LogP contribution in [0.5, 0.6) is 0 Å². The average Bonchev–Trinajstić information content (AvgIpc) is 3.03. The van der Waals surface area contributed by atoms with Crippen LogP contribution in [0.2, 0.25) is 6.32 Å². The minimum Gasteiger partial charge on any atom is -0.403 e. The van der Waals surface area contributed by atoms with Gasteiger partial charge in [0.05, 0.1) is 12.2 Å². The first-order valence-electron chi connectivity index (χ1n) is 7.62. The van der Waals surface area contributed by atoms with Gasteiger partial charge in [0.15, 0.2) is 0 Å². The summed E-state index contributed by atoms with van der Waals surface area (Å²) in [7, 11) is 1.24. The molecule has 1 aliphatic carbocycles. The van der Waals surface area contributed by atoms with Crippen molar-refractivity contribution < 1.29 is 9.31 Å². The highest BCUT2D eigenvalue weighted by Gasteiger charge is 2.56. The van der Waals surface area contributed by atoms with Crippen molar-refractivity contribution in [2.24, 2.45) is 7.05 Å². The molecule has 3 aliphatic heterocycles. The van der Waals surface area contributed by atoms with Gasteiger partial charge in [-0.1, -0.05) is 35.7 Å². The number of nitrogens with zero attached hydrogens (tertiary/aromatic N) is 3. The van der Waals surface area contributed by atoms with E-state index in [0.29, 0.717) is 0 Å². The van der Waals surface area contributed by atoms with Crippen LogP contribution in [0.1, 0.15) is 31.8 Å². The zero-order valence-corrected chi connectivity index (χ0v) is 14.0. The van der Waals surface area contributed by atoms with Gasteiger partial charge in [-0.05, 0) is 12.4 Å². The molecule has 2 bridgehead atoms. The van der Waals surface area contributed by atoms with Crippen LogP contribution in [0.3, 0.4) is 0 Å². The molecule has 0 spiro atoms. The zero-order chi connectivity index (χ0) is 15.6. The molecule has 1 aromatic rings. The fraction of sp³-hybridized carbons (Fsp3) is 0.692. The Balaban J connectivity index is 1.77. The second kappa shape index (κ2) is 4.97. The van der Waals surface area contributed by atoms with Crippen molar-refractivity contribution >= 4 is 23.0 Å². The lowest BCUT2D eigenvalue weighted by molar-refractivity contribution is 0.0256. The Kier molecular flexibility index (Phi) is 3.28. The fourth-order valence-corrected chi connectivity index (χ4v) is 4.38. The smallest absolute Gasteiger partial charge is 0.403 e. The van der Waals surface area contributed by atoms with E-state index < -0.39 is 0 Å². The summed E-state index contributed by atoms with van der Waals surface area (Å²) in [5.74, 6) is 0. The van der Waals surface area contributed by atoms with Gasteiger partial charge < -0.3 is 9.31 Å². The summed E-state index contributed by atoms with van der Waals surface area (Å²) in [6, 6.07) is -0.638. The largest absolute Gasteiger partial charge is 0.457 e. The first-order chi connectivity index (χ1) is 10.5. The molecular formula is C13H17BBrN3O4. The third-order valence-corrected chi connectivity index (χ3v) is 5.47. The van der Waals surface area contributed by atoms with E-state index in [1.165, 1.54) is 16.4 Å². The Hall–Kier alpha value is -1.06. The van der Waals surface area contributed by atoms with Crippen molar-refractivity contribution in [1.82, 2.24) is 13.9 Å². The zero-order valence-electron chi connectivity index (χ0n) is 12.4. The molecule has 4 heterocycles. The van der Waals surface area contributed by atoms with Gasteiger partial charge in [-0.15, -0.1) is 0 Å². The molecular weight excluding hydrogens is 353 g/mol. The van der Waals surface area contributed by atoms with Crippen molar-refractivity contribution in [3.8, 4) is 0 Å². The Morgan fingerprint density at radius 3 is 2.64 bits per heavy atom. The van der Waals surface area contributed by atoms with Crippen molar-refractivity contribution in [3.05, 3.63) is 31.5 Å². The molecule has 0 aromatic carbocycles. The Morgan fingerprint density at radius 1 is 1.23 bits per heavy atom. The molecule has 5 rings (SSSR count). The number of unbranched alkanes of at least 4 members (excludes halogenated alkanes) is 1. The van der Waals surface area contributed by atoms with Crippen LogP contribution in [-0.4, -0.2) is 33.3 Å². The van der Waals surface area contributed by atoms with Crippen molar-refractivity contribution in [2.75, 3.05) is 0 Å². The summed E-state index contributed by atoms with van der Waals surface area (Å²) in [5.41, 5.74) is -0.626. The van der Waals surface area contributed by atoms with Crippen LogP contribution in [0.4, 0.5) is 0 Å². The maximum Gasteiger partial charge on any atom is 0.457 e. The van der Waals surface area contributed by atoms with E-state index >= 15 is 0 Å². The Bertz CT molecular complexity index is 766. The molecule has 4 unspecified atom stereocenters. The molecule has 22 heavy (non-hydrogen) atoms. The van der Waals surface area contributed by atoms with Crippen LogP contribution in [0.15, 0.2) is 20.1 Å². The highest BCUT2D eigenvalue weighted by atomic mass is 79.9. The Labute approximate surface area is 135 Å². The van der Waals surface area contributed by atoms with Crippen molar-refractivity contribution in [3.63, 3.8) is 0 Å². The van der Waals surface area contributed by atoms with Crippen LogP contribution in [-0.2, 0) is 16.4 Å². The third kappa shape index (κ3) is 1.76. The molecule has 4 atom stereocenters. The predicted octanol–water partition coefficient (Wildman–Crippen LogP) is 0.809. The van der Waals surface area contributed by atoms with Gasteiger partial charge in [0.1, 0.15) is 12.1 Å². The topological polar surface area (TPSA) is 67.4 Å². The molecule has 1 saturated heterocycles. The summed E-state index contributed by atoms with van der Waals surface area (Å²) >= 11 is 3.53. The van der Waals surface area contributed by atoms with E-state index in [9.17, 15) is 9.59 Å². The van der Waals surface area contributed by atoms with E-state index in [1.54, 1.807) is 0 Å². The maximum atomic E-state index is 12.4. The van der Waals surface area contributed by atoms with E-state index in [0.717, 1.165) is 28.2 Å². The quantitative estimate of drug-likeness (QED) is 0.739. The highest BCUT2D eigenvalue weighted by molar-refractivity contribution is 9.11. The molecule has 9 heteroatoms. The van der Waals surface area contributed by atoms with Crippen molar-refractivity contribution in [2.45, 2.75) is 50.4 Å². The number of aromatic nitrogens is 3. The van der Waals surface area contributed by atoms with E-state index in [4.69, 9.17) is 9.31 Å². The first-order valence-corrected chi connectivity index (χ1v) is 8.42. The number of hydrogen-bond acceptors (Lipinski definition) is 4. The summed E-state index contributed by atoms with van der Waals surface area (Å²) in [4.78, 5) is 24.7. The van der Waals surface area contributed by atoms with Gasteiger partial charge >= 0.3 is 18.5 Å². The fourth-order valence-electron chi connectivity index (χ4n) is 3.65. The number of rotatable bonds is 3. The van der Waals surface area contributed by atoms with Gasteiger partial charge in [-0.25, -0.2) is 23.5 Å². The summed E-state index contributed by atoms with van der Waals surface area (Å²) in [6.07, 6.45) is 4.45. The van der Waals surface area contributed by atoms with Gasteiger partial charge in [-0.3, -0.25) is 0 Å². The molecule has 0 saturated carbocycles. The summed E-state index contributed by atoms with van der Waals surface area (Å²) in [5, 5.41) is 0. The molecule has 1 aromatic heterocycles. The third-order valence-electron chi connectivity index (χ3n) is 4.74. The molecule has 7 nitrogen and oxygen atoms in total. The van der Waals surface area contributed by atoms with Crippen LogP contribution < -0.4 is 11.4 Å².